The third kappa shape index (κ3) is 3.93. The topological polar surface area (TPSA) is 70.6 Å². The molecule has 2 saturated heterocycles. The van der Waals surface area contributed by atoms with Crippen molar-refractivity contribution in [3.8, 4) is 0 Å². The minimum absolute atomic E-state index is 0.0496. The number of amides is 1. The summed E-state index contributed by atoms with van der Waals surface area (Å²) >= 11 is 0. The maximum Gasteiger partial charge on any atom is 0.255 e. The molecule has 2 unspecified atom stereocenters. The van der Waals surface area contributed by atoms with Crippen molar-refractivity contribution in [2.75, 3.05) is 31.1 Å². The third-order valence-electron chi connectivity index (χ3n) is 4.91. The molecule has 0 bridgehead atoms. The zero-order valence-electron chi connectivity index (χ0n) is 15.0. The Bertz CT molecular complexity index is 800. The molecule has 0 aromatic carbocycles. The first-order valence-corrected chi connectivity index (χ1v) is 10.4. The van der Waals surface area contributed by atoms with Crippen LogP contribution in [0, 0.1) is 6.92 Å². The van der Waals surface area contributed by atoms with Crippen LogP contribution in [0.3, 0.4) is 0 Å². The predicted octanol–water partition coefficient (Wildman–Crippen LogP) is 1.28. The molecule has 0 saturated carbocycles. The number of fused-ring (bicyclic) bond motifs is 1. The highest BCUT2D eigenvalue weighted by atomic mass is 32.2. The monoisotopic (exact) mass is 363 g/mol. The first-order valence-electron chi connectivity index (χ1n) is 8.57. The zero-order valence-corrected chi connectivity index (χ0v) is 15.8. The third-order valence-corrected chi connectivity index (χ3v) is 6.61. The summed E-state index contributed by atoms with van der Waals surface area (Å²) in [5.74, 6) is 0.0584. The summed E-state index contributed by atoms with van der Waals surface area (Å²) in [7, 11) is -3.13. The van der Waals surface area contributed by atoms with Gasteiger partial charge in [-0.1, -0.05) is 11.6 Å². The average Bonchev–Trinajstić information content (AvgIpc) is 2.87. The van der Waals surface area contributed by atoms with Gasteiger partial charge in [0.1, 0.15) is 0 Å². The maximum absolute atomic E-state index is 12.9. The number of aryl methyl sites for hydroxylation is 1. The van der Waals surface area contributed by atoms with Gasteiger partial charge in [-0.25, -0.2) is 8.42 Å². The zero-order chi connectivity index (χ0) is 18.2. The van der Waals surface area contributed by atoms with Crippen LogP contribution >= 0.6 is 0 Å². The van der Waals surface area contributed by atoms with Gasteiger partial charge in [0, 0.05) is 38.1 Å². The molecular weight excluding hydrogens is 338 g/mol. The van der Waals surface area contributed by atoms with E-state index in [-0.39, 0.29) is 29.5 Å². The molecule has 3 rings (SSSR count). The molecule has 7 heteroatoms. The van der Waals surface area contributed by atoms with Crippen molar-refractivity contribution in [1.29, 1.82) is 0 Å². The highest BCUT2D eigenvalue weighted by Gasteiger charge is 2.47. The SMILES string of the molecule is CC(C)=CCN1CCN(C(=O)c2cncc(C)c2)C2CS(=O)(=O)CC21. The van der Waals surface area contributed by atoms with Gasteiger partial charge in [-0.15, -0.1) is 0 Å². The minimum Gasteiger partial charge on any atom is -0.332 e. The minimum atomic E-state index is -3.13. The number of allylic oxidation sites excluding steroid dienone is 1. The van der Waals surface area contributed by atoms with E-state index in [1.165, 1.54) is 5.57 Å². The van der Waals surface area contributed by atoms with Crippen LogP contribution in [0.4, 0.5) is 0 Å². The summed E-state index contributed by atoms with van der Waals surface area (Å²) in [5, 5.41) is 0. The number of rotatable bonds is 3. The Morgan fingerprint density at radius 3 is 2.64 bits per heavy atom. The molecule has 6 nitrogen and oxygen atoms in total. The largest absolute Gasteiger partial charge is 0.332 e. The Morgan fingerprint density at radius 2 is 1.96 bits per heavy atom. The fourth-order valence-corrected chi connectivity index (χ4v) is 5.65. The van der Waals surface area contributed by atoms with E-state index in [0.717, 1.165) is 12.1 Å². The second-order valence-corrected chi connectivity index (χ2v) is 9.39. The highest BCUT2D eigenvalue weighted by molar-refractivity contribution is 7.91. The predicted molar refractivity (Wildman–Crippen MR) is 97.2 cm³/mol. The van der Waals surface area contributed by atoms with Crippen molar-refractivity contribution in [2.24, 2.45) is 0 Å². The number of sulfone groups is 1. The molecule has 2 aliphatic rings. The summed E-state index contributed by atoms with van der Waals surface area (Å²) in [6.45, 7) is 7.92. The summed E-state index contributed by atoms with van der Waals surface area (Å²) in [5.41, 5.74) is 2.66. The average molecular weight is 363 g/mol. The van der Waals surface area contributed by atoms with Crippen molar-refractivity contribution in [2.45, 2.75) is 32.9 Å². The van der Waals surface area contributed by atoms with Crippen LogP contribution in [0.5, 0.6) is 0 Å². The Kier molecular flexibility index (Phi) is 4.97. The van der Waals surface area contributed by atoms with Gasteiger partial charge in [-0.3, -0.25) is 14.7 Å². The first-order chi connectivity index (χ1) is 11.8. The summed E-state index contributed by atoms with van der Waals surface area (Å²) in [6.07, 6.45) is 5.38. The number of nitrogens with zero attached hydrogens (tertiary/aromatic N) is 3. The molecule has 1 amide bonds. The lowest BCUT2D eigenvalue weighted by Crippen LogP contribution is -2.60. The number of pyridine rings is 1. The maximum atomic E-state index is 12.9. The smallest absolute Gasteiger partial charge is 0.255 e. The Hall–Kier alpha value is -1.73. The van der Waals surface area contributed by atoms with Gasteiger partial charge in [0.15, 0.2) is 9.84 Å². The summed E-state index contributed by atoms with van der Waals surface area (Å²) < 4.78 is 24.5. The van der Waals surface area contributed by atoms with E-state index in [2.05, 4.69) is 16.0 Å². The molecule has 0 N–H and O–H groups in total. The van der Waals surface area contributed by atoms with Gasteiger partial charge in [-0.05, 0) is 32.4 Å². The molecule has 2 atom stereocenters. The molecule has 25 heavy (non-hydrogen) atoms. The molecule has 1 aromatic rings. The van der Waals surface area contributed by atoms with E-state index in [4.69, 9.17) is 0 Å². The number of aromatic nitrogens is 1. The molecule has 3 heterocycles. The number of hydrogen-bond donors (Lipinski definition) is 0. The normalized spacial score (nSPS) is 25.5. The van der Waals surface area contributed by atoms with Gasteiger partial charge in [0.2, 0.25) is 0 Å². The van der Waals surface area contributed by atoms with E-state index in [1.807, 2.05) is 26.8 Å². The Labute approximate surface area is 149 Å². The first kappa shape index (κ1) is 18.1. The van der Waals surface area contributed by atoms with E-state index < -0.39 is 9.84 Å². The van der Waals surface area contributed by atoms with Crippen LogP contribution < -0.4 is 0 Å². The van der Waals surface area contributed by atoms with Crippen LogP contribution in [0.15, 0.2) is 30.1 Å². The van der Waals surface area contributed by atoms with Gasteiger partial charge in [-0.2, -0.15) is 0 Å². The molecule has 136 valence electrons. The number of carbonyl (C=O) groups is 1. The fraction of sp³-hybridized carbons (Fsp3) is 0.556. The molecule has 0 spiro atoms. The van der Waals surface area contributed by atoms with Crippen LogP contribution in [0.1, 0.15) is 29.8 Å². The molecule has 0 radical (unpaired) electrons. The molecule has 2 fully saturated rings. The highest BCUT2D eigenvalue weighted by Crippen LogP contribution is 2.28. The lowest BCUT2D eigenvalue weighted by atomic mass is 10.0. The summed E-state index contributed by atoms with van der Waals surface area (Å²) in [4.78, 5) is 21.0. The van der Waals surface area contributed by atoms with Crippen LogP contribution in [-0.4, -0.2) is 72.3 Å². The quantitative estimate of drug-likeness (QED) is 0.757. The van der Waals surface area contributed by atoms with Crippen LogP contribution in [-0.2, 0) is 9.84 Å². The van der Waals surface area contributed by atoms with Gasteiger partial charge >= 0.3 is 0 Å². The fourth-order valence-electron chi connectivity index (χ4n) is 3.64. The second kappa shape index (κ2) is 6.88. The molecular formula is C18H25N3O3S. The standard InChI is InChI=1S/C18H25N3O3S/c1-13(2)4-5-20-6-7-21(17-12-25(23,24)11-16(17)20)18(22)15-8-14(3)9-19-10-15/h4,8-10,16-17H,5-7,11-12H2,1-3H3. The molecule has 0 aliphatic carbocycles. The lowest BCUT2D eigenvalue weighted by molar-refractivity contribution is 0.0367. The van der Waals surface area contributed by atoms with Crippen molar-refractivity contribution in [3.63, 3.8) is 0 Å². The number of carbonyl (C=O) groups excluding carboxylic acids is 1. The van der Waals surface area contributed by atoms with Gasteiger partial charge < -0.3 is 4.90 Å². The van der Waals surface area contributed by atoms with E-state index in [9.17, 15) is 13.2 Å². The summed E-state index contributed by atoms with van der Waals surface area (Å²) in [6, 6.07) is 1.40. The number of hydrogen-bond acceptors (Lipinski definition) is 5. The van der Waals surface area contributed by atoms with Crippen LogP contribution in [0.25, 0.3) is 0 Å². The molecule has 2 aliphatic heterocycles. The number of piperazine rings is 1. The van der Waals surface area contributed by atoms with Crippen molar-refractivity contribution in [3.05, 3.63) is 41.2 Å². The van der Waals surface area contributed by atoms with Crippen molar-refractivity contribution in [1.82, 2.24) is 14.8 Å². The van der Waals surface area contributed by atoms with Gasteiger partial charge in [0.25, 0.3) is 5.91 Å². The van der Waals surface area contributed by atoms with E-state index in [1.54, 1.807) is 17.3 Å². The van der Waals surface area contributed by atoms with E-state index >= 15 is 0 Å². The Morgan fingerprint density at radius 1 is 1.24 bits per heavy atom. The second-order valence-electron chi connectivity index (χ2n) is 7.24. The van der Waals surface area contributed by atoms with E-state index in [0.29, 0.717) is 18.7 Å². The van der Waals surface area contributed by atoms with Crippen LogP contribution in [0.2, 0.25) is 0 Å². The van der Waals surface area contributed by atoms with Crippen molar-refractivity contribution < 1.29 is 13.2 Å². The van der Waals surface area contributed by atoms with Gasteiger partial charge in [0.05, 0.1) is 23.1 Å². The Balaban J connectivity index is 1.86. The molecule has 1 aromatic heterocycles. The van der Waals surface area contributed by atoms with Crippen molar-refractivity contribution >= 4 is 15.7 Å². The lowest BCUT2D eigenvalue weighted by Gasteiger charge is -2.43.